The molecule has 0 fully saturated rings. The molecule has 7 nitrogen and oxygen atoms in total. The maximum absolute atomic E-state index is 12.2. The summed E-state index contributed by atoms with van der Waals surface area (Å²) in [6, 6.07) is 15.7. The van der Waals surface area contributed by atoms with Crippen molar-refractivity contribution in [3.05, 3.63) is 77.6 Å². The van der Waals surface area contributed by atoms with Crippen LogP contribution in [-0.4, -0.2) is 28.1 Å². The Labute approximate surface area is 171 Å². The molecule has 144 valence electrons. The van der Waals surface area contributed by atoms with Crippen molar-refractivity contribution < 1.29 is 14.1 Å². The third-order valence-electron chi connectivity index (χ3n) is 4.15. The number of nitrogens with one attached hydrogen (secondary N) is 1. The molecular formula is C21H15ClN4O3. The monoisotopic (exact) mass is 406 g/mol. The van der Waals surface area contributed by atoms with E-state index >= 15 is 0 Å². The van der Waals surface area contributed by atoms with Gasteiger partial charge in [0, 0.05) is 29.2 Å². The van der Waals surface area contributed by atoms with Gasteiger partial charge in [0.05, 0.1) is 17.7 Å². The topological polar surface area (TPSA) is 90.1 Å². The number of anilines is 1. The van der Waals surface area contributed by atoms with Crippen LogP contribution in [-0.2, 0) is 0 Å². The molecule has 2 aromatic heterocycles. The average molecular weight is 407 g/mol. The highest BCUT2D eigenvalue weighted by Crippen LogP contribution is 2.30. The van der Waals surface area contributed by atoms with Gasteiger partial charge in [0.25, 0.3) is 11.8 Å². The molecule has 4 rings (SSSR count). The predicted octanol–water partition coefficient (Wildman–Crippen LogP) is 4.71. The first-order valence-corrected chi connectivity index (χ1v) is 9.01. The van der Waals surface area contributed by atoms with Gasteiger partial charge in [-0.15, -0.1) is 0 Å². The first-order chi connectivity index (χ1) is 14.1. The Morgan fingerprint density at radius 1 is 1.14 bits per heavy atom. The zero-order valence-corrected chi connectivity index (χ0v) is 16.1. The van der Waals surface area contributed by atoms with E-state index in [4.69, 9.17) is 20.9 Å². The molecular weight excluding hydrogens is 392 g/mol. The number of carbonyl (C=O) groups is 1. The maximum atomic E-state index is 12.2. The normalized spacial score (nSPS) is 10.6. The highest BCUT2D eigenvalue weighted by molar-refractivity contribution is 6.33. The molecule has 0 radical (unpaired) electrons. The zero-order valence-electron chi connectivity index (χ0n) is 15.3. The number of rotatable bonds is 5. The molecule has 8 heteroatoms. The van der Waals surface area contributed by atoms with Crippen molar-refractivity contribution in [3.8, 4) is 28.6 Å². The van der Waals surface area contributed by atoms with E-state index in [-0.39, 0.29) is 5.91 Å². The van der Waals surface area contributed by atoms with Gasteiger partial charge in [-0.1, -0.05) is 16.8 Å². The largest absolute Gasteiger partial charge is 0.497 e. The van der Waals surface area contributed by atoms with Crippen LogP contribution in [0.1, 0.15) is 10.4 Å². The smallest absolute Gasteiger partial charge is 0.258 e. The number of carbonyl (C=O) groups excluding carboxylic acids is 1. The van der Waals surface area contributed by atoms with Crippen molar-refractivity contribution in [2.75, 3.05) is 12.4 Å². The number of halogens is 1. The number of pyridine rings is 1. The molecule has 0 bridgehead atoms. The molecule has 0 unspecified atom stereocenters. The van der Waals surface area contributed by atoms with Crippen molar-refractivity contribution in [2.45, 2.75) is 0 Å². The molecule has 0 aliphatic carbocycles. The summed E-state index contributed by atoms with van der Waals surface area (Å²) in [7, 11) is 1.60. The lowest BCUT2D eigenvalue weighted by Gasteiger charge is -2.07. The SMILES string of the molecule is COc1ccc(-c2nc(-c3ccc(NC(=O)c4cccnc4)cc3Cl)no2)cc1. The summed E-state index contributed by atoms with van der Waals surface area (Å²) in [6.07, 6.45) is 3.10. The molecule has 0 atom stereocenters. The van der Waals surface area contributed by atoms with E-state index in [1.165, 1.54) is 6.20 Å². The number of methoxy groups -OCH3 is 1. The fourth-order valence-corrected chi connectivity index (χ4v) is 2.92. The fourth-order valence-electron chi connectivity index (χ4n) is 2.66. The average Bonchev–Trinajstić information content (AvgIpc) is 3.24. The van der Waals surface area contributed by atoms with Gasteiger partial charge in [0.2, 0.25) is 5.82 Å². The van der Waals surface area contributed by atoms with Gasteiger partial charge >= 0.3 is 0 Å². The Bertz CT molecular complexity index is 1140. The van der Waals surface area contributed by atoms with Crippen LogP contribution in [0, 0.1) is 0 Å². The molecule has 0 spiro atoms. The summed E-state index contributed by atoms with van der Waals surface area (Å²) >= 11 is 6.39. The molecule has 0 aliphatic heterocycles. The Kier molecular flexibility index (Phi) is 5.22. The van der Waals surface area contributed by atoms with Crippen LogP contribution < -0.4 is 10.1 Å². The third kappa shape index (κ3) is 4.09. The van der Waals surface area contributed by atoms with Gasteiger partial charge in [0.15, 0.2) is 0 Å². The standard InChI is InChI=1S/C21H15ClN4O3/c1-28-16-7-4-13(5-8-16)21-25-19(26-29-21)17-9-6-15(11-18(17)22)24-20(27)14-3-2-10-23-12-14/h2-12H,1H3,(H,24,27). The fraction of sp³-hybridized carbons (Fsp3) is 0.0476. The summed E-state index contributed by atoms with van der Waals surface area (Å²) in [5, 5.41) is 7.17. The van der Waals surface area contributed by atoms with Crippen molar-refractivity contribution in [3.63, 3.8) is 0 Å². The van der Waals surface area contributed by atoms with E-state index in [1.54, 1.807) is 43.6 Å². The van der Waals surface area contributed by atoms with Crippen LogP contribution in [0.5, 0.6) is 5.75 Å². The molecule has 1 amide bonds. The van der Waals surface area contributed by atoms with Crippen LogP contribution in [0.2, 0.25) is 5.02 Å². The second kappa shape index (κ2) is 8.12. The van der Waals surface area contributed by atoms with E-state index < -0.39 is 0 Å². The van der Waals surface area contributed by atoms with Crippen molar-refractivity contribution in [2.24, 2.45) is 0 Å². The molecule has 2 aromatic carbocycles. The second-order valence-electron chi connectivity index (χ2n) is 6.04. The van der Waals surface area contributed by atoms with Crippen LogP contribution in [0.3, 0.4) is 0 Å². The zero-order chi connectivity index (χ0) is 20.2. The Morgan fingerprint density at radius 3 is 2.66 bits per heavy atom. The van der Waals surface area contributed by atoms with E-state index in [0.717, 1.165) is 11.3 Å². The van der Waals surface area contributed by atoms with Gasteiger partial charge in [-0.3, -0.25) is 9.78 Å². The Morgan fingerprint density at radius 2 is 1.97 bits per heavy atom. The molecule has 0 saturated carbocycles. The van der Waals surface area contributed by atoms with E-state index in [1.807, 2.05) is 24.3 Å². The molecule has 4 aromatic rings. The van der Waals surface area contributed by atoms with Crippen LogP contribution >= 0.6 is 11.6 Å². The lowest BCUT2D eigenvalue weighted by molar-refractivity contribution is 0.102. The van der Waals surface area contributed by atoms with Crippen molar-refractivity contribution in [1.29, 1.82) is 0 Å². The first-order valence-electron chi connectivity index (χ1n) is 8.63. The first kappa shape index (κ1) is 18.6. The Hall–Kier alpha value is -3.71. The lowest BCUT2D eigenvalue weighted by Crippen LogP contribution is -2.11. The summed E-state index contributed by atoms with van der Waals surface area (Å²) in [6.45, 7) is 0. The van der Waals surface area contributed by atoms with E-state index in [2.05, 4.69) is 20.4 Å². The van der Waals surface area contributed by atoms with Gasteiger partial charge in [-0.2, -0.15) is 4.98 Å². The molecule has 1 N–H and O–H groups in total. The highest BCUT2D eigenvalue weighted by Gasteiger charge is 2.15. The van der Waals surface area contributed by atoms with Gasteiger partial charge in [-0.25, -0.2) is 0 Å². The highest BCUT2D eigenvalue weighted by atomic mass is 35.5. The van der Waals surface area contributed by atoms with Gasteiger partial charge in [-0.05, 0) is 54.6 Å². The summed E-state index contributed by atoms with van der Waals surface area (Å²) < 4.78 is 10.5. The maximum Gasteiger partial charge on any atom is 0.258 e. The summed E-state index contributed by atoms with van der Waals surface area (Å²) in [5.74, 6) is 1.18. The van der Waals surface area contributed by atoms with E-state index in [0.29, 0.717) is 33.6 Å². The predicted molar refractivity (Wildman–Crippen MR) is 109 cm³/mol. The molecule has 29 heavy (non-hydrogen) atoms. The minimum absolute atomic E-state index is 0.275. The minimum Gasteiger partial charge on any atom is -0.497 e. The van der Waals surface area contributed by atoms with Gasteiger partial charge < -0.3 is 14.6 Å². The van der Waals surface area contributed by atoms with Crippen LogP contribution in [0.25, 0.3) is 22.8 Å². The number of ether oxygens (including phenoxy) is 1. The van der Waals surface area contributed by atoms with Crippen LogP contribution in [0.15, 0.2) is 71.5 Å². The number of aromatic nitrogens is 3. The number of nitrogens with zero attached hydrogens (tertiary/aromatic N) is 3. The third-order valence-corrected chi connectivity index (χ3v) is 4.47. The quantitative estimate of drug-likeness (QED) is 0.516. The molecule has 2 heterocycles. The summed E-state index contributed by atoms with van der Waals surface area (Å²) in [4.78, 5) is 20.6. The number of hydrogen-bond acceptors (Lipinski definition) is 6. The number of amides is 1. The van der Waals surface area contributed by atoms with E-state index in [9.17, 15) is 4.79 Å². The van der Waals surface area contributed by atoms with Crippen molar-refractivity contribution >= 4 is 23.2 Å². The number of hydrogen-bond donors (Lipinski definition) is 1. The molecule has 0 aliphatic rings. The number of benzene rings is 2. The second-order valence-corrected chi connectivity index (χ2v) is 6.45. The van der Waals surface area contributed by atoms with Gasteiger partial charge in [0.1, 0.15) is 5.75 Å². The lowest BCUT2D eigenvalue weighted by atomic mass is 10.1. The molecule has 0 saturated heterocycles. The minimum atomic E-state index is -0.275. The van der Waals surface area contributed by atoms with Crippen LogP contribution in [0.4, 0.5) is 5.69 Å². The summed E-state index contributed by atoms with van der Waals surface area (Å²) in [5.41, 5.74) is 2.36. The Balaban J connectivity index is 1.54. The van der Waals surface area contributed by atoms with Crippen molar-refractivity contribution in [1.82, 2.24) is 15.1 Å².